The van der Waals surface area contributed by atoms with E-state index in [1.54, 1.807) is 6.20 Å². The number of fused-ring (bicyclic) bond motifs is 1. The molecule has 1 aliphatic heterocycles. The van der Waals surface area contributed by atoms with Crippen molar-refractivity contribution >= 4 is 5.91 Å². The van der Waals surface area contributed by atoms with E-state index < -0.39 is 6.10 Å². The monoisotopic (exact) mass is 323 g/mol. The molecule has 1 saturated carbocycles. The Hall–Kier alpha value is -2.27. The van der Waals surface area contributed by atoms with Gasteiger partial charge in [0, 0.05) is 11.9 Å². The molecule has 4 rings (SSSR count). The lowest BCUT2D eigenvalue weighted by Crippen LogP contribution is -2.37. The Kier molecular flexibility index (Phi) is 4.02. The third-order valence-electron chi connectivity index (χ3n) is 4.71. The predicted octanol–water partition coefficient (Wildman–Crippen LogP) is 2.67. The number of aryl methyl sites for hydroxylation is 1. The summed E-state index contributed by atoms with van der Waals surface area (Å²) in [6.07, 6.45) is 4.27. The SMILES string of the molecule is Cc1ccnc(C(NC(=O)C2OCCc3ccccc32)C2CC2)n1. The average Bonchev–Trinajstić information content (AvgIpc) is 3.44. The standard InChI is InChI=1S/C19H21N3O2/c1-12-8-10-20-18(21-12)16(14-6-7-14)22-19(23)17-15-5-3-2-4-13(15)9-11-24-17/h2-5,8,10,14,16-17H,6-7,9,11H2,1H3,(H,22,23). The summed E-state index contributed by atoms with van der Waals surface area (Å²) in [7, 11) is 0. The van der Waals surface area contributed by atoms with Gasteiger partial charge in [-0.2, -0.15) is 0 Å². The molecule has 0 saturated heterocycles. The molecule has 1 amide bonds. The first kappa shape index (κ1) is 15.3. The Morgan fingerprint density at radius 1 is 1.29 bits per heavy atom. The molecule has 2 aliphatic rings. The van der Waals surface area contributed by atoms with Crippen molar-refractivity contribution in [1.29, 1.82) is 0 Å². The van der Waals surface area contributed by atoms with Crippen LogP contribution in [0.2, 0.25) is 0 Å². The largest absolute Gasteiger partial charge is 0.363 e. The summed E-state index contributed by atoms with van der Waals surface area (Å²) >= 11 is 0. The molecule has 1 aliphatic carbocycles. The van der Waals surface area contributed by atoms with Gasteiger partial charge < -0.3 is 10.1 Å². The van der Waals surface area contributed by atoms with E-state index in [1.807, 2.05) is 31.2 Å². The number of nitrogens with zero attached hydrogens (tertiary/aromatic N) is 2. The maximum absolute atomic E-state index is 12.9. The van der Waals surface area contributed by atoms with E-state index in [0.29, 0.717) is 18.3 Å². The average molecular weight is 323 g/mol. The van der Waals surface area contributed by atoms with Crippen molar-refractivity contribution in [3.05, 3.63) is 59.2 Å². The topological polar surface area (TPSA) is 64.1 Å². The summed E-state index contributed by atoms with van der Waals surface area (Å²) < 4.78 is 5.77. The van der Waals surface area contributed by atoms with Gasteiger partial charge in [0.15, 0.2) is 11.9 Å². The zero-order chi connectivity index (χ0) is 16.5. The quantitative estimate of drug-likeness (QED) is 0.939. The number of rotatable bonds is 4. The highest BCUT2D eigenvalue weighted by Crippen LogP contribution is 2.40. The highest BCUT2D eigenvalue weighted by atomic mass is 16.5. The molecular formula is C19H21N3O2. The van der Waals surface area contributed by atoms with Crippen LogP contribution in [0.25, 0.3) is 0 Å². The lowest BCUT2D eigenvalue weighted by Gasteiger charge is -2.27. The Morgan fingerprint density at radius 2 is 2.12 bits per heavy atom. The number of hydrogen-bond donors (Lipinski definition) is 1. The lowest BCUT2D eigenvalue weighted by molar-refractivity contribution is -0.135. The van der Waals surface area contributed by atoms with Gasteiger partial charge in [0.05, 0.1) is 12.6 Å². The van der Waals surface area contributed by atoms with Gasteiger partial charge in [-0.05, 0) is 49.3 Å². The number of nitrogens with one attached hydrogen (secondary N) is 1. The summed E-state index contributed by atoms with van der Waals surface area (Å²) in [6, 6.07) is 9.75. The fraction of sp³-hybridized carbons (Fsp3) is 0.421. The third-order valence-corrected chi connectivity index (χ3v) is 4.71. The highest BCUT2D eigenvalue weighted by Gasteiger charge is 2.37. The molecule has 1 aromatic heterocycles. The van der Waals surface area contributed by atoms with E-state index >= 15 is 0 Å². The minimum atomic E-state index is -0.541. The van der Waals surface area contributed by atoms with Crippen LogP contribution < -0.4 is 5.32 Å². The second-order valence-corrected chi connectivity index (χ2v) is 6.58. The predicted molar refractivity (Wildman–Crippen MR) is 89.2 cm³/mol. The molecule has 1 N–H and O–H groups in total. The molecule has 0 radical (unpaired) electrons. The van der Waals surface area contributed by atoms with Crippen LogP contribution in [-0.2, 0) is 16.0 Å². The molecule has 5 heteroatoms. The second kappa shape index (κ2) is 6.32. The van der Waals surface area contributed by atoms with E-state index in [-0.39, 0.29) is 11.9 Å². The number of benzene rings is 1. The number of ether oxygens (including phenoxy) is 1. The van der Waals surface area contributed by atoms with E-state index in [4.69, 9.17) is 4.74 Å². The van der Waals surface area contributed by atoms with E-state index in [0.717, 1.165) is 30.5 Å². The van der Waals surface area contributed by atoms with Crippen LogP contribution in [-0.4, -0.2) is 22.5 Å². The number of hydrogen-bond acceptors (Lipinski definition) is 4. The Balaban J connectivity index is 1.56. The minimum absolute atomic E-state index is 0.0934. The lowest BCUT2D eigenvalue weighted by atomic mass is 9.97. The summed E-state index contributed by atoms with van der Waals surface area (Å²) in [5.41, 5.74) is 3.08. The Labute approximate surface area is 141 Å². The molecule has 0 spiro atoms. The summed E-state index contributed by atoms with van der Waals surface area (Å²) in [4.78, 5) is 21.8. The fourth-order valence-corrected chi connectivity index (χ4v) is 3.28. The smallest absolute Gasteiger partial charge is 0.254 e. The zero-order valence-corrected chi connectivity index (χ0v) is 13.7. The first-order valence-electron chi connectivity index (χ1n) is 8.51. The van der Waals surface area contributed by atoms with Gasteiger partial charge >= 0.3 is 0 Å². The number of aromatic nitrogens is 2. The first-order valence-corrected chi connectivity index (χ1v) is 8.51. The maximum atomic E-state index is 12.9. The van der Waals surface area contributed by atoms with Crippen molar-refractivity contribution in [3.8, 4) is 0 Å². The molecule has 5 nitrogen and oxygen atoms in total. The van der Waals surface area contributed by atoms with Crippen molar-refractivity contribution in [1.82, 2.24) is 15.3 Å². The van der Waals surface area contributed by atoms with Crippen LogP contribution in [0.1, 0.15) is 47.6 Å². The Morgan fingerprint density at radius 3 is 2.92 bits per heavy atom. The molecule has 1 aromatic carbocycles. The number of amides is 1. The van der Waals surface area contributed by atoms with Crippen LogP contribution in [0.4, 0.5) is 0 Å². The van der Waals surface area contributed by atoms with Gasteiger partial charge in [-0.15, -0.1) is 0 Å². The van der Waals surface area contributed by atoms with E-state index in [1.165, 1.54) is 5.56 Å². The van der Waals surface area contributed by atoms with Gasteiger partial charge in [0.25, 0.3) is 5.91 Å². The number of carbonyl (C=O) groups excluding carboxylic acids is 1. The minimum Gasteiger partial charge on any atom is -0.363 e. The molecule has 124 valence electrons. The van der Waals surface area contributed by atoms with Crippen molar-refractivity contribution in [2.45, 2.75) is 38.3 Å². The molecule has 2 aromatic rings. The van der Waals surface area contributed by atoms with Gasteiger partial charge in [-0.1, -0.05) is 24.3 Å². The van der Waals surface area contributed by atoms with Crippen LogP contribution in [0, 0.1) is 12.8 Å². The molecule has 2 atom stereocenters. The first-order chi connectivity index (χ1) is 11.7. The molecule has 2 unspecified atom stereocenters. The molecule has 2 heterocycles. The van der Waals surface area contributed by atoms with Crippen LogP contribution in [0.5, 0.6) is 0 Å². The van der Waals surface area contributed by atoms with Crippen molar-refractivity contribution < 1.29 is 9.53 Å². The van der Waals surface area contributed by atoms with Gasteiger partial charge in [0.2, 0.25) is 0 Å². The van der Waals surface area contributed by atoms with Gasteiger partial charge in [0.1, 0.15) is 0 Å². The van der Waals surface area contributed by atoms with Gasteiger partial charge in [-0.3, -0.25) is 4.79 Å². The van der Waals surface area contributed by atoms with E-state index in [9.17, 15) is 4.79 Å². The Bertz CT molecular complexity index is 758. The maximum Gasteiger partial charge on any atom is 0.254 e. The van der Waals surface area contributed by atoms with Crippen molar-refractivity contribution in [2.24, 2.45) is 5.92 Å². The van der Waals surface area contributed by atoms with Crippen LogP contribution >= 0.6 is 0 Å². The van der Waals surface area contributed by atoms with Crippen molar-refractivity contribution in [3.63, 3.8) is 0 Å². The molecule has 0 bridgehead atoms. The second-order valence-electron chi connectivity index (χ2n) is 6.58. The summed E-state index contributed by atoms with van der Waals surface area (Å²) in [5, 5.41) is 3.14. The van der Waals surface area contributed by atoms with Crippen LogP contribution in [0.3, 0.4) is 0 Å². The zero-order valence-electron chi connectivity index (χ0n) is 13.7. The highest BCUT2D eigenvalue weighted by molar-refractivity contribution is 5.83. The van der Waals surface area contributed by atoms with Crippen LogP contribution in [0.15, 0.2) is 36.5 Å². The third kappa shape index (κ3) is 3.04. The summed E-state index contributed by atoms with van der Waals surface area (Å²) in [5.74, 6) is 1.04. The normalized spacial score (nSPS) is 21.0. The van der Waals surface area contributed by atoms with Crippen molar-refractivity contribution in [2.75, 3.05) is 6.61 Å². The molecule has 1 fully saturated rings. The molecule has 24 heavy (non-hydrogen) atoms. The molecular weight excluding hydrogens is 302 g/mol. The summed E-state index contributed by atoms with van der Waals surface area (Å²) in [6.45, 7) is 2.52. The number of carbonyl (C=O) groups is 1. The fourth-order valence-electron chi connectivity index (χ4n) is 3.28. The van der Waals surface area contributed by atoms with Gasteiger partial charge in [-0.25, -0.2) is 9.97 Å². The van der Waals surface area contributed by atoms with E-state index in [2.05, 4.69) is 21.4 Å².